The highest BCUT2D eigenvalue weighted by Gasteiger charge is 2.58. The van der Waals surface area contributed by atoms with E-state index in [0.29, 0.717) is 0 Å². The molecule has 1 aromatic heterocycles. The fraction of sp³-hybridized carbons (Fsp3) is 0.714. The second kappa shape index (κ2) is 11.7. The Hall–Kier alpha value is -1.94. The Morgan fingerprint density at radius 2 is 2.13 bits per heavy atom. The summed E-state index contributed by atoms with van der Waals surface area (Å²) in [5.41, 5.74) is 3.60. The summed E-state index contributed by atoms with van der Waals surface area (Å²) in [4.78, 5) is 40.1. The van der Waals surface area contributed by atoms with E-state index in [9.17, 15) is 24.1 Å². The lowest BCUT2D eigenvalue weighted by atomic mass is 9.87. The van der Waals surface area contributed by atoms with Gasteiger partial charge in [0.1, 0.15) is 18.0 Å². The first-order valence-electron chi connectivity index (χ1n) is 11.7. The molecule has 0 radical (unpaired) electrons. The standard InChI is InChI=1S/C21H31BrFN4O10P/c1-11(2)35-14(28)5-7-25-17(30)16-20(3,4)10-34-38(32,37-16)33-9-12-15(29)21(22,23)18(36-12)27-8-6-13(24)26-19(27)31/h6,8,11-12,15-16,18,29H,5,7,9-10H2,1-4H3,(H,25,30)(H2,24,26,31)/t12-,15?,16+,18-,21?,38?/m1/s1. The number of hydrogen-bond acceptors (Lipinski definition) is 12. The van der Waals surface area contributed by atoms with Crippen molar-refractivity contribution < 1.29 is 46.7 Å². The van der Waals surface area contributed by atoms with Crippen LogP contribution in [0.1, 0.15) is 40.3 Å². The van der Waals surface area contributed by atoms with Crippen molar-refractivity contribution in [1.82, 2.24) is 14.9 Å². The van der Waals surface area contributed by atoms with Crippen molar-refractivity contribution in [2.24, 2.45) is 5.41 Å². The van der Waals surface area contributed by atoms with E-state index in [1.807, 2.05) is 0 Å². The van der Waals surface area contributed by atoms with Crippen molar-refractivity contribution in [2.75, 3.05) is 25.5 Å². The SMILES string of the molecule is CC(C)OC(=O)CCNC(=O)[C@@H]1OP(=O)(OC[C@H]2O[C@@H](n3ccc(N)nc3=O)C(F)(Br)C2O)OCC1(C)C. The number of anilines is 1. The van der Waals surface area contributed by atoms with Crippen molar-refractivity contribution in [2.45, 2.75) is 69.3 Å². The van der Waals surface area contributed by atoms with Crippen LogP contribution < -0.4 is 16.7 Å². The van der Waals surface area contributed by atoms with Gasteiger partial charge in [0.05, 0.1) is 25.7 Å². The Morgan fingerprint density at radius 1 is 1.45 bits per heavy atom. The molecule has 0 spiro atoms. The number of ether oxygens (including phenoxy) is 2. The number of nitrogens with zero attached hydrogens (tertiary/aromatic N) is 2. The number of carbonyl (C=O) groups excluding carboxylic acids is 2. The van der Waals surface area contributed by atoms with Crippen molar-refractivity contribution in [3.63, 3.8) is 0 Å². The molecule has 17 heteroatoms. The normalized spacial score (nSPS) is 32.7. The van der Waals surface area contributed by atoms with Crippen molar-refractivity contribution in [3.8, 4) is 0 Å². The van der Waals surface area contributed by atoms with Gasteiger partial charge in [-0.1, -0.05) is 13.8 Å². The van der Waals surface area contributed by atoms with Gasteiger partial charge in [0.2, 0.25) is 10.5 Å². The quantitative estimate of drug-likeness (QED) is 0.201. The number of nitrogen functional groups attached to an aromatic ring is 1. The van der Waals surface area contributed by atoms with Gasteiger partial charge in [-0.3, -0.25) is 27.7 Å². The number of aromatic nitrogens is 2. The van der Waals surface area contributed by atoms with Crippen LogP contribution in [0.3, 0.4) is 0 Å². The van der Waals surface area contributed by atoms with E-state index in [2.05, 4.69) is 26.2 Å². The number of carbonyl (C=O) groups is 2. The lowest BCUT2D eigenvalue weighted by Crippen LogP contribution is -2.50. The molecule has 1 aromatic rings. The molecule has 1 amide bonds. The second-order valence-electron chi connectivity index (χ2n) is 9.76. The van der Waals surface area contributed by atoms with Gasteiger partial charge in [0.15, 0.2) is 12.3 Å². The molecule has 4 N–H and O–H groups in total. The summed E-state index contributed by atoms with van der Waals surface area (Å²) in [5, 5.41) is 13.0. The molecule has 38 heavy (non-hydrogen) atoms. The number of halogens is 2. The molecule has 6 atom stereocenters. The largest absolute Gasteiger partial charge is 0.475 e. The molecule has 2 aliphatic heterocycles. The van der Waals surface area contributed by atoms with Crippen LogP contribution in [0, 0.1) is 5.41 Å². The van der Waals surface area contributed by atoms with Crippen molar-refractivity contribution >= 4 is 41.4 Å². The highest BCUT2D eigenvalue weighted by atomic mass is 79.9. The smallest absolute Gasteiger partial charge is 0.463 e. The molecule has 3 unspecified atom stereocenters. The minimum Gasteiger partial charge on any atom is -0.463 e. The molecule has 0 aliphatic carbocycles. The molecule has 0 aromatic carbocycles. The van der Waals surface area contributed by atoms with Crippen LogP contribution in [0.15, 0.2) is 17.1 Å². The number of aliphatic hydroxyl groups excluding tert-OH is 1. The third kappa shape index (κ3) is 6.97. The van der Waals surface area contributed by atoms with Gasteiger partial charge in [-0.05, 0) is 35.8 Å². The van der Waals surface area contributed by atoms with E-state index in [0.717, 1.165) is 10.8 Å². The van der Waals surface area contributed by atoms with Gasteiger partial charge in [-0.2, -0.15) is 4.98 Å². The van der Waals surface area contributed by atoms with E-state index in [1.54, 1.807) is 27.7 Å². The predicted octanol–water partition coefficient (Wildman–Crippen LogP) is 1.17. The van der Waals surface area contributed by atoms with E-state index in [4.69, 9.17) is 28.8 Å². The maximum absolute atomic E-state index is 15.3. The average molecular weight is 629 g/mol. The average Bonchev–Trinajstić information content (AvgIpc) is 3.02. The number of rotatable bonds is 9. The number of nitrogens with one attached hydrogen (secondary N) is 1. The Balaban J connectivity index is 1.63. The van der Waals surface area contributed by atoms with Crippen LogP contribution in [-0.2, 0) is 37.2 Å². The zero-order valence-corrected chi connectivity index (χ0v) is 23.6. The summed E-state index contributed by atoms with van der Waals surface area (Å²) >= 11 is 2.74. The van der Waals surface area contributed by atoms with E-state index >= 15 is 4.39 Å². The number of phosphoric ester groups is 1. The van der Waals surface area contributed by atoms with Crippen LogP contribution in [0.2, 0.25) is 0 Å². The molecule has 2 fully saturated rings. The maximum atomic E-state index is 15.3. The van der Waals surface area contributed by atoms with Crippen LogP contribution in [0.25, 0.3) is 0 Å². The van der Waals surface area contributed by atoms with Crippen LogP contribution in [0.5, 0.6) is 0 Å². The Kier molecular flexibility index (Phi) is 9.39. The summed E-state index contributed by atoms with van der Waals surface area (Å²) in [6.07, 6.45) is -5.50. The van der Waals surface area contributed by atoms with Gasteiger partial charge >= 0.3 is 19.5 Å². The van der Waals surface area contributed by atoms with Gasteiger partial charge in [-0.15, -0.1) is 0 Å². The molecular formula is C21H31BrFN4O10P. The Labute approximate surface area is 226 Å². The fourth-order valence-corrected chi connectivity index (χ4v) is 5.95. The summed E-state index contributed by atoms with van der Waals surface area (Å²) in [7, 11) is -4.38. The number of esters is 1. The molecule has 3 heterocycles. The topological polar surface area (TPSA) is 191 Å². The molecule has 214 valence electrons. The second-order valence-corrected chi connectivity index (χ2v) is 12.6. The summed E-state index contributed by atoms with van der Waals surface area (Å²) in [5.74, 6) is -1.25. The number of nitrogens with two attached hydrogens (primary N) is 1. The molecular weight excluding hydrogens is 598 g/mol. The Morgan fingerprint density at radius 3 is 2.76 bits per heavy atom. The molecule has 2 aliphatic rings. The van der Waals surface area contributed by atoms with Crippen LogP contribution in [-0.4, -0.2) is 75.3 Å². The van der Waals surface area contributed by atoms with E-state index in [1.165, 1.54) is 6.07 Å². The van der Waals surface area contributed by atoms with Crippen molar-refractivity contribution in [3.05, 3.63) is 22.7 Å². The monoisotopic (exact) mass is 628 g/mol. The first kappa shape index (κ1) is 30.6. The number of aliphatic hydroxyl groups is 1. The summed E-state index contributed by atoms with van der Waals surface area (Å²) in [6, 6.07) is 1.24. The zero-order chi connectivity index (χ0) is 28.5. The number of phosphoric acid groups is 1. The van der Waals surface area contributed by atoms with Gasteiger partial charge < -0.3 is 25.6 Å². The zero-order valence-electron chi connectivity index (χ0n) is 21.2. The Bertz CT molecular complexity index is 1150. The van der Waals surface area contributed by atoms with Crippen LogP contribution >= 0.6 is 23.8 Å². The number of hydrogen-bond donors (Lipinski definition) is 3. The highest BCUT2D eigenvalue weighted by Crippen LogP contribution is 2.58. The molecule has 0 bridgehead atoms. The first-order valence-corrected chi connectivity index (χ1v) is 13.9. The third-order valence-electron chi connectivity index (χ3n) is 5.65. The van der Waals surface area contributed by atoms with Crippen molar-refractivity contribution in [1.29, 1.82) is 0 Å². The van der Waals surface area contributed by atoms with Gasteiger partial charge in [0, 0.05) is 18.2 Å². The first-order chi connectivity index (χ1) is 17.6. The predicted molar refractivity (Wildman–Crippen MR) is 133 cm³/mol. The third-order valence-corrected chi connectivity index (χ3v) is 7.89. The molecule has 14 nitrogen and oxygen atoms in total. The maximum Gasteiger partial charge on any atom is 0.475 e. The highest BCUT2D eigenvalue weighted by molar-refractivity contribution is 9.10. The minimum absolute atomic E-state index is 0.0426. The number of alkyl halides is 2. The lowest BCUT2D eigenvalue weighted by molar-refractivity contribution is -0.147. The molecule has 3 rings (SSSR count). The summed E-state index contributed by atoms with van der Waals surface area (Å²) in [6.45, 7) is 5.75. The summed E-state index contributed by atoms with van der Waals surface area (Å²) < 4.78 is 53.1. The van der Waals surface area contributed by atoms with Crippen LogP contribution in [0.4, 0.5) is 10.2 Å². The van der Waals surface area contributed by atoms with E-state index < -0.39 is 66.5 Å². The molecule has 2 saturated heterocycles. The van der Waals surface area contributed by atoms with Gasteiger partial charge in [0.25, 0.3) is 0 Å². The molecule has 0 saturated carbocycles. The van der Waals surface area contributed by atoms with E-state index in [-0.39, 0.29) is 31.5 Å². The van der Waals surface area contributed by atoms with Gasteiger partial charge in [-0.25, -0.2) is 13.8 Å². The lowest BCUT2D eigenvalue weighted by Gasteiger charge is -2.39. The number of amides is 1. The minimum atomic E-state index is -4.38. The fourth-order valence-electron chi connectivity index (χ4n) is 3.67.